The number of nitrogens with two attached hydrogens (primary N) is 1. The number of nitrogen functional groups attached to an aromatic ring is 1. The van der Waals surface area contributed by atoms with E-state index in [2.05, 4.69) is 10.3 Å². The van der Waals surface area contributed by atoms with Gasteiger partial charge in [-0.2, -0.15) is 0 Å². The number of aromatic nitrogens is 1. The summed E-state index contributed by atoms with van der Waals surface area (Å²) in [5.74, 6) is -0.700. The van der Waals surface area contributed by atoms with Crippen molar-refractivity contribution in [3.8, 4) is 0 Å². The minimum atomic E-state index is -0.443. The number of pyridine rings is 1. The summed E-state index contributed by atoms with van der Waals surface area (Å²) >= 11 is 0. The second kappa shape index (κ2) is 5.48. The van der Waals surface area contributed by atoms with Crippen molar-refractivity contribution in [1.29, 1.82) is 0 Å². The first-order chi connectivity index (χ1) is 9.09. The molecule has 0 aliphatic heterocycles. The molecule has 1 heterocycles. The first-order valence-corrected chi connectivity index (χ1v) is 5.84. The molecule has 0 fully saturated rings. The third-order valence-corrected chi connectivity index (χ3v) is 2.82. The maximum absolute atomic E-state index is 13.6. The van der Waals surface area contributed by atoms with Crippen molar-refractivity contribution in [2.24, 2.45) is 0 Å². The lowest BCUT2D eigenvalue weighted by Crippen LogP contribution is -2.28. The van der Waals surface area contributed by atoms with Crippen LogP contribution in [0, 0.1) is 5.82 Å². The van der Waals surface area contributed by atoms with E-state index in [-0.39, 0.29) is 11.7 Å². The van der Waals surface area contributed by atoms with Gasteiger partial charge in [0.25, 0.3) is 5.91 Å². The van der Waals surface area contributed by atoms with E-state index in [1.54, 1.807) is 25.1 Å². The van der Waals surface area contributed by atoms with Crippen LogP contribution in [0.2, 0.25) is 0 Å². The lowest BCUT2D eigenvalue weighted by molar-refractivity contribution is 0.0940. The maximum atomic E-state index is 13.6. The lowest BCUT2D eigenvalue weighted by Gasteiger charge is -2.15. The van der Waals surface area contributed by atoms with Crippen molar-refractivity contribution in [3.05, 3.63) is 59.7 Å². The standard InChI is InChI=1S/C14H14FN3O/c1-9(10-4-2-3-5-12(10)15)18-14(19)11-6-7-17-8-13(11)16/h2-9H,16H2,1H3,(H,18,19). The fraction of sp³-hybridized carbons (Fsp3) is 0.143. The highest BCUT2D eigenvalue weighted by Crippen LogP contribution is 2.17. The minimum Gasteiger partial charge on any atom is -0.397 e. The van der Waals surface area contributed by atoms with Gasteiger partial charge in [-0.25, -0.2) is 4.39 Å². The molecule has 1 amide bonds. The Bertz CT molecular complexity index is 601. The molecule has 19 heavy (non-hydrogen) atoms. The van der Waals surface area contributed by atoms with Crippen LogP contribution in [0.1, 0.15) is 28.9 Å². The predicted molar refractivity (Wildman–Crippen MR) is 70.9 cm³/mol. The number of benzene rings is 1. The Morgan fingerprint density at radius 2 is 2.11 bits per heavy atom. The molecular formula is C14H14FN3O. The van der Waals surface area contributed by atoms with Crippen LogP contribution in [-0.4, -0.2) is 10.9 Å². The summed E-state index contributed by atoms with van der Waals surface area (Å²) in [4.78, 5) is 15.8. The summed E-state index contributed by atoms with van der Waals surface area (Å²) in [6.45, 7) is 1.72. The Balaban J connectivity index is 2.16. The quantitative estimate of drug-likeness (QED) is 0.888. The van der Waals surface area contributed by atoms with E-state index in [1.165, 1.54) is 24.5 Å². The van der Waals surface area contributed by atoms with Gasteiger partial charge in [-0.05, 0) is 19.1 Å². The molecule has 0 spiro atoms. The van der Waals surface area contributed by atoms with Gasteiger partial charge < -0.3 is 11.1 Å². The molecule has 1 atom stereocenters. The summed E-state index contributed by atoms with van der Waals surface area (Å²) in [5.41, 5.74) is 6.73. The first-order valence-electron chi connectivity index (χ1n) is 5.84. The number of amides is 1. The first kappa shape index (κ1) is 13.0. The van der Waals surface area contributed by atoms with Crippen LogP contribution in [0.4, 0.5) is 10.1 Å². The molecular weight excluding hydrogens is 245 g/mol. The third-order valence-electron chi connectivity index (χ3n) is 2.82. The summed E-state index contributed by atoms with van der Waals surface area (Å²) in [7, 11) is 0. The van der Waals surface area contributed by atoms with Crippen LogP contribution in [0.25, 0.3) is 0 Å². The van der Waals surface area contributed by atoms with E-state index < -0.39 is 6.04 Å². The Kier molecular flexibility index (Phi) is 3.75. The molecule has 1 aromatic carbocycles. The fourth-order valence-electron chi connectivity index (χ4n) is 1.79. The molecule has 1 unspecified atom stereocenters. The Morgan fingerprint density at radius 1 is 1.37 bits per heavy atom. The van der Waals surface area contributed by atoms with E-state index in [1.807, 2.05) is 0 Å². The average molecular weight is 259 g/mol. The van der Waals surface area contributed by atoms with Crippen molar-refractivity contribution in [3.63, 3.8) is 0 Å². The van der Waals surface area contributed by atoms with E-state index in [4.69, 9.17) is 5.73 Å². The van der Waals surface area contributed by atoms with E-state index in [9.17, 15) is 9.18 Å². The highest BCUT2D eigenvalue weighted by atomic mass is 19.1. The molecule has 0 saturated heterocycles. The van der Waals surface area contributed by atoms with E-state index in [0.29, 0.717) is 16.8 Å². The molecule has 0 aliphatic carbocycles. The smallest absolute Gasteiger partial charge is 0.253 e. The second-order valence-electron chi connectivity index (χ2n) is 4.18. The normalized spacial score (nSPS) is 11.9. The summed E-state index contributed by atoms with van der Waals surface area (Å²) in [6.07, 6.45) is 2.89. The van der Waals surface area contributed by atoms with Gasteiger partial charge in [0, 0.05) is 11.8 Å². The third kappa shape index (κ3) is 2.88. The molecule has 98 valence electrons. The van der Waals surface area contributed by atoms with Crippen molar-refractivity contribution < 1.29 is 9.18 Å². The Hall–Kier alpha value is -2.43. The SMILES string of the molecule is CC(NC(=O)c1ccncc1N)c1ccccc1F. The van der Waals surface area contributed by atoms with Crippen LogP contribution in [0.3, 0.4) is 0 Å². The van der Waals surface area contributed by atoms with Crippen LogP contribution in [-0.2, 0) is 0 Å². The summed E-state index contributed by atoms with van der Waals surface area (Å²) in [6, 6.07) is 7.41. The molecule has 5 heteroatoms. The van der Waals surface area contributed by atoms with E-state index >= 15 is 0 Å². The predicted octanol–water partition coefficient (Wildman–Crippen LogP) is 2.29. The zero-order valence-electron chi connectivity index (χ0n) is 10.4. The second-order valence-corrected chi connectivity index (χ2v) is 4.18. The van der Waals surface area contributed by atoms with Gasteiger partial charge in [-0.3, -0.25) is 9.78 Å². The zero-order chi connectivity index (χ0) is 13.8. The number of carbonyl (C=O) groups is 1. The minimum absolute atomic E-state index is 0.292. The molecule has 3 N–H and O–H groups in total. The Labute approximate surface area is 110 Å². The number of hydrogen-bond donors (Lipinski definition) is 2. The van der Waals surface area contributed by atoms with Crippen molar-refractivity contribution in [2.75, 3.05) is 5.73 Å². The van der Waals surface area contributed by atoms with Gasteiger partial charge in [0.05, 0.1) is 23.5 Å². The summed E-state index contributed by atoms with van der Waals surface area (Å²) < 4.78 is 13.6. The van der Waals surface area contributed by atoms with Gasteiger partial charge >= 0.3 is 0 Å². The van der Waals surface area contributed by atoms with Crippen LogP contribution in [0.15, 0.2) is 42.7 Å². The monoisotopic (exact) mass is 259 g/mol. The summed E-state index contributed by atoms with van der Waals surface area (Å²) in [5, 5.41) is 2.71. The van der Waals surface area contributed by atoms with Crippen LogP contribution in [0.5, 0.6) is 0 Å². The molecule has 2 aromatic rings. The highest BCUT2D eigenvalue weighted by molar-refractivity contribution is 5.99. The molecule has 4 nitrogen and oxygen atoms in total. The number of anilines is 1. The number of carbonyl (C=O) groups excluding carboxylic acids is 1. The van der Waals surface area contributed by atoms with Gasteiger partial charge in [-0.15, -0.1) is 0 Å². The van der Waals surface area contributed by atoms with Gasteiger partial charge in [0.15, 0.2) is 0 Å². The number of nitrogens with one attached hydrogen (secondary N) is 1. The van der Waals surface area contributed by atoms with Crippen molar-refractivity contribution in [2.45, 2.75) is 13.0 Å². The average Bonchev–Trinajstić information content (AvgIpc) is 2.39. The largest absolute Gasteiger partial charge is 0.397 e. The molecule has 1 aromatic heterocycles. The van der Waals surface area contributed by atoms with E-state index in [0.717, 1.165) is 0 Å². The lowest BCUT2D eigenvalue weighted by atomic mass is 10.1. The molecule has 2 rings (SSSR count). The molecule has 0 aliphatic rings. The van der Waals surface area contributed by atoms with Gasteiger partial charge in [-0.1, -0.05) is 18.2 Å². The molecule has 0 radical (unpaired) electrons. The number of rotatable bonds is 3. The number of hydrogen-bond acceptors (Lipinski definition) is 3. The molecule has 0 bridgehead atoms. The molecule has 0 saturated carbocycles. The number of halogens is 1. The van der Waals surface area contributed by atoms with Crippen LogP contribution < -0.4 is 11.1 Å². The highest BCUT2D eigenvalue weighted by Gasteiger charge is 2.15. The zero-order valence-corrected chi connectivity index (χ0v) is 10.4. The van der Waals surface area contributed by atoms with Gasteiger partial charge in [0.1, 0.15) is 5.82 Å². The topological polar surface area (TPSA) is 68.0 Å². The van der Waals surface area contributed by atoms with Crippen molar-refractivity contribution in [1.82, 2.24) is 10.3 Å². The number of nitrogens with zero attached hydrogens (tertiary/aromatic N) is 1. The maximum Gasteiger partial charge on any atom is 0.253 e. The fourth-order valence-corrected chi connectivity index (χ4v) is 1.79. The van der Waals surface area contributed by atoms with Crippen molar-refractivity contribution >= 4 is 11.6 Å². The Morgan fingerprint density at radius 3 is 2.79 bits per heavy atom. The van der Waals surface area contributed by atoms with Crippen LogP contribution >= 0.6 is 0 Å². The van der Waals surface area contributed by atoms with Gasteiger partial charge in [0.2, 0.25) is 0 Å².